The second kappa shape index (κ2) is 7.77. The molecule has 0 fully saturated rings. The average molecular weight is 296 g/mol. The fraction of sp³-hybridized carbons (Fsp3) is 0.750. The molecule has 0 heterocycles. The van der Waals surface area contributed by atoms with E-state index in [0.717, 1.165) is 49.3 Å². The smallest absolute Gasteiger partial charge is 0.224 e. The maximum Gasteiger partial charge on any atom is 0.224 e. The van der Waals surface area contributed by atoms with Gasteiger partial charge in [0.1, 0.15) is 10.2 Å². The van der Waals surface area contributed by atoms with Crippen LogP contribution in [-0.4, -0.2) is 19.6 Å². The maximum atomic E-state index is 11.9. The van der Waals surface area contributed by atoms with E-state index in [1.165, 1.54) is 6.42 Å². The van der Waals surface area contributed by atoms with Gasteiger partial charge in [0.25, 0.3) is 0 Å². The highest BCUT2D eigenvalue weighted by Crippen LogP contribution is 2.27. The van der Waals surface area contributed by atoms with Gasteiger partial charge in [-0.05, 0) is 38.5 Å². The Kier molecular flexibility index (Phi) is 6.66. The van der Waals surface area contributed by atoms with Crippen LogP contribution in [-0.2, 0) is 0 Å². The lowest BCUT2D eigenvalue weighted by Gasteiger charge is -2.26. The largest absolute Gasteiger partial charge is 0.382 e. The van der Waals surface area contributed by atoms with Gasteiger partial charge in [0, 0.05) is 19.6 Å². The summed E-state index contributed by atoms with van der Waals surface area (Å²) in [4.78, 5) is 14.0. The summed E-state index contributed by atoms with van der Waals surface area (Å²) in [6, 6.07) is 0. The Morgan fingerprint density at radius 2 is 1.80 bits per heavy atom. The molecular weight excluding hydrogens is 268 g/mol. The predicted molar refractivity (Wildman–Crippen MR) is 91.2 cm³/mol. The summed E-state index contributed by atoms with van der Waals surface area (Å²) in [6.07, 6.45) is 2.32. The van der Waals surface area contributed by atoms with Crippen molar-refractivity contribution in [2.45, 2.75) is 47.5 Å². The van der Waals surface area contributed by atoms with E-state index < -0.39 is 0 Å². The van der Waals surface area contributed by atoms with Crippen molar-refractivity contribution in [1.82, 2.24) is 0 Å². The maximum absolute atomic E-state index is 11.9. The normalized spacial score (nSPS) is 12.9. The molecule has 0 saturated heterocycles. The predicted octanol–water partition coefficient (Wildman–Crippen LogP) is 3.98. The van der Waals surface area contributed by atoms with Gasteiger partial charge in [-0.3, -0.25) is 4.79 Å². The van der Waals surface area contributed by atoms with Gasteiger partial charge in [0.05, 0.1) is 5.69 Å². The molecule has 0 spiro atoms. The van der Waals surface area contributed by atoms with Crippen LogP contribution in [0.2, 0.25) is 0 Å². The number of hydrogen-bond acceptors (Lipinski definition) is 4. The molecule has 0 aliphatic rings. The van der Waals surface area contributed by atoms with Crippen molar-refractivity contribution in [2.24, 2.45) is 11.8 Å². The van der Waals surface area contributed by atoms with Crippen LogP contribution in [0, 0.1) is 16.3 Å². The van der Waals surface area contributed by atoms with Gasteiger partial charge >= 0.3 is 0 Å². The monoisotopic (exact) mass is 296 g/mol. The minimum atomic E-state index is 0.0294. The molecule has 1 aromatic carbocycles. The number of nitrogens with zero attached hydrogens (tertiary/aromatic N) is 1. The van der Waals surface area contributed by atoms with Crippen LogP contribution in [0.4, 0.5) is 11.4 Å². The van der Waals surface area contributed by atoms with Crippen molar-refractivity contribution in [3.8, 4) is 0 Å². The molecule has 0 aliphatic heterocycles. The molecule has 0 amide bonds. The first-order valence-corrected chi connectivity index (χ1v) is 8.16. The van der Waals surface area contributed by atoms with Gasteiger partial charge < -0.3 is 10.2 Å². The lowest BCUT2D eigenvalue weighted by atomic mass is 9.93. The molecule has 0 bridgehead atoms. The van der Waals surface area contributed by atoms with E-state index >= 15 is 0 Å². The first-order chi connectivity index (χ1) is 9.43. The summed E-state index contributed by atoms with van der Waals surface area (Å²) in [5.41, 5.74) is 1.71. The van der Waals surface area contributed by atoms with E-state index in [4.69, 9.17) is 12.2 Å². The van der Waals surface area contributed by atoms with Gasteiger partial charge in [-0.1, -0.05) is 33.0 Å². The Balaban J connectivity index is 2.55. The van der Waals surface area contributed by atoms with Gasteiger partial charge in [-0.15, -0.1) is 0 Å². The van der Waals surface area contributed by atoms with Crippen LogP contribution in [0.5, 0.6) is 0 Å². The molecule has 1 atom stereocenters. The third-order valence-corrected chi connectivity index (χ3v) is 4.63. The number of hydrogen-bond donors (Lipinski definition) is 1. The molecule has 0 aliphatic carbocycles. The molecule has 1 rings (SSSR count). The summed E-state index contributed by atoms with van der Waals surface area (Å²) >= 11 is 5.17. The first-order valence-electron chi connectivity index (χ1n) is 7.76. The van der Waals surface area contributed by atoms with Crippen LogP contribution < -0.4 is 15.6 Å². The average Bonchev–Trinajstić information content (AvgIpc) is 2.44. The Labute approximate surface area is 128 Å². The summed E-state index contributed by atoms with van der Waals surface area (Å²) in [7, 11) is 0. The molecule has 1 aromatic rings. The van der Waals surface area contributed by atoms with Crippen LogP contribution in [0.25, 0.3) is 0 Å². The van der Waals surface area contributed by atoms with Crippen molar-refractivity contribution in [2.75, 3.05) is 29.9 Å². The zero-order valence-corrected chi connectivity index (χ0v) is 14.3. The number of rotatable bonds is 9. The van der Waals surface area contributed by atoms with E-state index in [1.54, 1.807) is 0 Å². The minimum Gasteiger partial charge on any atom is -0.382 e. The zero-order valence-electron chi connectivity index (χ0n) is 13.5. The molecule has 0 saturated carbocycles. The molecule has 0 aromatic heterocycles. The lowest BCUT2D eigenvalue weighted by Crippen LogP contribution is -2.32. The molecular formula is C16H28N2OS. The summed E-state index contributed by atoms with van der Waals surface area (Å²) in [5, 5.41) is 3.37. The highest BCUT2D eigenvalue weighted by molar-refractivity contribution is 7.71. The SMILES string of the molecule is CCN(CC)c1c(NCCCC(C)C(C)C)c(=S)c1=O. The Morgan fingerprint density at radius 1 is 1.20 bits per heavy atom. The highest BCUT2D eigenvalue weighted by Gasteiger charge is 2.21. The van der Waals surface area contributed by atoms with Crippen molar-refractivity contribution < 1.29 is 0 Å². The van der Waals surface area contributed by atoms with Gasteiger partial charge in [-0.25, -0.2) is 0 Å². The van der Waals surface area contributed by atoms with E-state index in [0.29, 0.717) is 4.51 Å². The molecule has 1 N–H and O–H groups in total. The molecule has 1 unspecified atom stereocenters. The Morgan fingerprint density at radius 3 is 2.30 bits per heavy atom. The van der Waals surface area contributed by atoms with E-state index in [9.17, 15) is 4.79 Å². The van der Waals surface area contributed by atoms with Crippen LogP contribution in [0.15, 0.2) is 4.79 Å². The van der Waals surface area contributed by atoms with Crippen LogP contribution in [0.1, 0.15) is 47.5 Å². The van der Waals surface area contributed by atoms with E-state index in [-0.39, 0.29) is 5.43 Å². The third kappa shape index (κ3) is 3.81. The quantitative estimate of drug-likeness (QED) is 0.552. The molecule has 20 heavy (non-hydrogen) atoms. The first kappa shape index (κ1) is 17.2. The fourth-order valence-corrected chi connectivity index (χ4v) is 2.62. The Hall–Kier alpha value is -0.900. The van der Waals surface area contributed by atoms with Gasteiger partial charge in [-0.2, -0.15) is 0 Å². The van der Waals surface area contributed by atoms with Crippen molar-refractivity contribution >= 4 is 23.6 Å². The van der Waals surface area contributed by atoms with E-state index in [1.807, 2.05) is 0 Å². The molecule has 114 valence electrons. The number of anilines is 2. The molecule has 4 heteroatoms. The summed E-state index contributed by atoms with van der Waals surface area (Å²) in [5.74, 6) is 1.47. The zero-order chi connectivity index (χ0) is 15.3. The summed E-state index contributed by atoms with van der Waals surface area (Å²) in [6.45, 7) is 13.5. The van der Waals surface area contributed by atoms with Crippen molar-refractivity contribution in [1.29, 1.82) is 0 Å². The lowest BCUT2D eigenvalue weighted by molar-refractivity contribution is 0.386. The van der Waals surface area contributed by atoms with Gasteiger partial charge in [0.2, 0.25) is 5.43 Å². The summed E-state index contributed by atoms with van der Waals surface area (Å²) < 4.78 is 0.476. The van der Waals surface area contributed by atoms with Crippen LogP contribution in [0.3, 0.4) is 0 Å². The fourth-order valence-electron chi connectivity index (χ4n) is 2.36. The highest BCUT2D eigenvalue weighted by atomic mass is 32.1. The van der Waals surface area contributed by atoms with Crippen molar-refractivity contribution in [3.05, 3.63) is 14.7 Å². The second-order valence-corrected chi connectivity index (χ2v) is 6.25. The van der Waals surface area contributed by atoms with E-state index in [2.05, 4.69) is 44.8 Å². The topological polar surface area (TPSA) is 32.3 Å². The minimum absolute atomic E-state index is 0.0294. The molecule has 3 nitrogen and oxygen atoms in total. The van der Waals surface area contributed by atoms with Crippen molar-refractivity contribution in [3.63, 3.8) is 0 Å². The Bertz CT molecular complexity index is 485. The number of nitrogens with one attached hydrogen (secondary N) is 1. The second-order valence-electron chi connectivity index (χ2n) is 5.84. The third-order valence-electron chi connectivity index (χ3n) is 4.24. The molecule has 0 radical (unpaired) electrons. The van der Waals surface area contributed by atoms with Crippen LogP contribution >= 0.6 is 12.2 Å². The van der Waals surface area contributed by atoms with Gasteiger partial charge in [0.15, 0.2) is 0 Å². The standard InChI is InChI=1S/C16H28N2OS/c1-6-18(7-2)14-13(16(20)15(14)19)17-10-8-9-12(5)11(3)4/h11-12,17H,6-10H2,1-5H3.